The highest BCUT2D eigenvalue weighted by atomic mass is 28.5. The van der Waals surface area contributed by atoms with Crippen LogP contribution in [0.4, 0.5) is 23.3 Å². The van der Waals surface area contributed by atoms with E-state index in [4.69, 9.17) is 59.9 Å². The Hall–Kier alpha value is -10.6. The van der Waals surface area contributed by atoms with Crippen LogP contribution in [-0.2, 0) is 16.5 Å². The van der Waals surface area contributed by atoms with Crippen molar-refractivity contribution in [3.05, 3.63) is 261 Å². The monoisotopic (exact) mass is 1520 g/mol. The Kier molecular flexibility index (Phi) is 15.0. The normalized spacial score (nSPS) is 21.7. The van der Waals surface area contributed by atoms with Crippen molar-refractivity contribution >= 4 is 156 Å². The van der Waals surface area contributed by atoms with Crippen molar-refractivity contribution < 1.29 is 16.5 Å². The van der Waals surface area contributed by atoms with E-state index in [-0.39, 0.29) is 33.2 Å². The molecular weight excluding hydrogens is 1440 g/mol. The number of amidine groups is 8. The second kappa shape index (κ2) is 24.2. The van der Waals surface area contributed by atoms with Crippen molar-refractivity contribution in [1.29, 1.82) is 0 Å². The molecule has 0 aliphatic carbocycles. The van der Waals surface area contributed by atoms with Gasteiger partial charge in [0, 0.05) is 87.6 Å². The maximum Gasteiger partial charge on any atom is 0.583 e. The van der Waals surface area contributed by atoms with Crippen LogP contribution in [0, 0.1) is 0 Å². The molecule has 25 heteroatoms. The summed E-state index contributed by atoms with van der Waals surface area (Å²) in [6, 6.07) is 66.6. The first-order chi connectivity index (χ1) is 52.6. The third-order valence-corrected chi connectivity index (χ3v) is 49.2. The summed E-state index contributed by atoms with van der Waals surface area (Å²) in [4.78, 5) is 70.0. The lowest BCUT2D eigenvalue weighted by Gasteiger charge is -2.52. The molecule has 8 aliphatic heterocycles. The largest absolute Gasteiger partial charge is 0.583 e. The average molecular weight is 1520 g/mol. The molecule has 0 radical (unpaired) electrons. The molecule has 4 aromatic heterocycles. The van der Waals surface area contributed by atoms with Crippen molar-refractivity contribution in [2.24, 2.45) is 59.9 Å². The van der Waals surface area contributed by atoms with Crippen LogP contribution in [0.2, 0.25) is 46.3 Å². The molecule has 12 bridgehead atoms. The number of benzene rings is 8. The molecule has 20 rings (SSSR count). The van der Waals surface area contributed by atoms with E-state index in [0.717, 1.165) is 87.6 Å². The molecule has 540 valence electrons. The van der Waals surface area contributed by atoms with Gasteiger partial charge in [0.2, 0.25) is 0 Å². The zero-order chi connectivity index (χ0) is 74.7. The van der Waals surface area contributed by atoms with E-state index >= 15 is 0 Å². The van der Waals surface area contributed by atoms with Crippen molar-refractivity contribution in [2.45, 2.75) is 129 Å². The summed E-state index contributed by atoms with van der Waals surface area (Å²) < 4.78 is 46.7. The molecule has 0 N–H and O–H groups in total. The lowest BCUT2D eigenvalue weighted by Crippen LogP contribution is -2.76. The zero-order valence-corrected chi connectivity index (χ0v) is 68.2. The van der Waals surface area contributed by atoms with Gasteiger partial charge in [-0.1, -0.05) is 277 Å². The van der Waals surface area contributed by atoms with Gasteiger partial charge in [-0.2, -0.15) is 0 Å². The number of nitrogens with zero attached hydrogens (tertiary/aromatic N) is 16. The molecule has 20 nitrogen and oxygen atoms in total. The molecule has 2 unspecified atom stereocenters. The van der Waals surface area contributed by atoms with E-state index in [2.05, 4.69) is 259 Å². The van der Waals surface area contributed by atoms with E-state index in [1.807, 2.05) is 48.5 Å². The number of fused-ring (bicyclic) bond motifs is 28. The molecule has 2 atom stereocenters. The Balaban J connectivity index is 1.01. The number of hydrogen-bond acceptors (Lipinski definition) is 16. The van der Waals surface area contributed by atoms with Gasteiger partial charge in [-0.3, -0.25) is 16.9 Å². The summed E-state index contributed by atoms with van der Waals surface area (Å²) in [5.41, 5.74) is 8.56. The topological polar surface area (TPSA) is 205 Å². The standard InChI is InChI=1S/C84H80N16O4Si5/c1-47(2)106(48(3)4,49(5)6)103-108(97-77-61-39-23-24-40-62(61)79(97)91-71-55-33-17-18-34-56(55)72(86-71)92-80-64-42-26-25-41-63(64)78(98(80)108)90-70-54-32-16-15-31-53(54)69(85-70)89-77)101-105(13,14)102-109(104-107(50(7)8,51(9)10)52(11)12)99-81-65-43-27-28-44-66(65)83(99)95-75-59-37-21-22-38-60(59)76(88-75)96-84-68-46-30-29-45-67(68)82(100(84)109)94-74-58-36-20-19-35-57(58)73(87-74)93-81/h15-52H,1-14H3/b89-69-,89-77?,90-70?,90-78-,91-71-,91-79?,92-72?,92-80-,93-73-,93-81?,94-74?,94-82-,95-75-,95-83?,96-76?,96-84-. The van der Waals surface area contributed by atoms with Gasteiger partial charge in [-0.05, 0) is 46.3 Å². The summed E-state index contributed by atoms with van der Waals surface area (Å²) in [6.07, 6.45) is 0. The summed E-state index contributed by atoms with van der Waals surface area (Å²) in [5, 5.41) is 6.39. The van der Waals surface area contributed by atoms with Crippen LogP contribution in [0.3, 0.4) is 0 Å². The van der Waals surface area contributed by atoms with Gasteiger partial charge in [-0.15, -0.1) is 0 Å². The molecule has 0 amide bonds. The molecule has 0 fully saturated rings. The fraction of sp³-hybridized carbons (Fsp3) is 0.238. The highest BCUT2D eigenvalue weighted by molar-refractivity contribution is 6.93. The van der Waals surface area contributed by atoms with Crippen LogP contribution in [0.5, 0.6) is 0 Å². The van der Waals surface area contributed by atoms with Crippen LogP contribution < -0.4 is 22.0 Å². The summed E-state index contributed by atoms with van der Waals surface area (Å²) in [6.45, 7) is 32.4. The fourth-order valence-electron chi connectivity index (χ4n) is 19.1. The average Bonchev–Trinajstić information content (AvgIpc) is 1.55. The maximum atomic E-state index is 9.45. The van der Waals surface area contributed by atoms with E-state index in [9.17, 15) is 16.5 Å². The van der Waals surface area contributed by atoms with Gasteiger partial charge in [0.25, 0.3) is 0 Å². The Labute approximate surface area is 635 Å². The maximum absolute atomic E-state index is 9.45. The predicted octanol–water partition coefficient (Wildman–Crippen LogP) is 16.9. The van der Waals surface area contributed by atoms with Gasteiger partial charge in [0.1, 0.15) is 45.2 Å². The smallest absolute Gasteiger partial charge is 0.403 e. The molecule has 0 saturated heterocycles. The molecule has 0 spiro atoms. The van der Waals surface area contributed by atoms with Crippen LogP contribution in [0.25, 0.3) is 43.1 Å². The molecule has 8 aromatic carbocycles. The third-order valence-electron chi connectivity index (χ3n) is 23.4. The van der Waals surface area contributed by atoms with E-state index in [0.29, 0.717) is 91.9 Å². The molecule has 8 aliphatic rings. The van der Waals surface area contributed by atoms with Crippen LogP contribution in [-0.4, -0.2) is 107 Å². The Morgan fingerprint density at radius 2 is 0.413 bits per heavy atom. The molecule has 12 aromatic rings. The van der Waals surface area contributed by atoms with Crippen molar-refractivity contribution in [1.82, 2.24) is 16.9 Å². The highest BCUT2D eigenvalue weighted by Crippen LogP contribution is 2.53. The first-order valence-electron chi connectivity index (χ1n) is 38.0. The van der Waals surface area contributed by atoms with E-state index in [1.54, 1.807) is 0 Å². The first-order valence-corrected chi connectivity index (χ1v) is 48.5. The third kappa shape index (κ3) is 9.51. The number of rotatable bonds is 14. The second-order valence-electron chi connectivity index (χ2n) is 31.8. The summed E-state index contributed by atoms with van der Waals surface area (Å²) in [7, 11) is -21.9. The van der Waals surface area contributed by atoms with E-state index in [1.165, 1.54) is 0 Å². The van der Waals surface area contributed by atoms with Gasteiger partial charge in [-0.25, -0.2) is 59.9 Å². The van der Waals surface area contributed by atoms with Gasteiger partial charge >= 0.3 is 26.3 Å². The summed E-state index contributed by atoms with van der Waals surface area (Å²) >= 11 is 0. The lowest BCUT2D eigenvalue weighted by molar-refractivity contribution is 0.244. The fourth-order valence-corrected chi connectivity index (χ4v) is 50.0. The number of aliphatic imine (C=N–C) groups is 8. The van der Waals surface area contributed by atoms with Crippen LogP contribution in [0.15, 0.2) is 254 Å². The molecule has 12 heterocycles. The van der Waals surface area contributed by atoms with Crippen molar-refractivity contribution in [3.63, 3.8) is 0 Å². The van der Waals surface area contributed by atoms with E-state index < -0.39 is 43.0 Å². The minimum Gasteiger partial charge on any atom is -0.403 e. The first kappa shape index (κ1) is 67.7. The van der Waals surface area contributed by atoms with Crippen LogP contribution in [0.1, 0.15) is 128 Å². The molecule has 0 saturated carbocycles. The number of aromatic nitrogens is 4. The van der Waals surface area contributed by atoms with Crippen LogP contribution >= 0.6 is 0 Å². The zero-order valence-electron chi connectivity index (χ0n) is 63.2. The van der Waals surface area contributed by atoms with Crippen molar-refractivity contribution in [2.75, 3.05) is 0 Å². The number of hydrogen-bond donors (Lipinski definition) is 0. The highest BCUT2D eigenvalue weighted by Gasteiger charge is 2.67. The molecule has 109 heavy (non-hydrogen) atoms. The second-order valence-corrected chi connectivity index (χ2v) is 52.2. The van der Waals surface area contributed by atoms with Crippen molar-refractivity contribution in [3.8, 4) is 0 Å². The quantitative estimate of drug-likeness (QED) is 0.0974. The Bertz CT molecular complexity index is 5860. The SMILES string of the molecule is CC(C)[Si](O[Si]1(O[Si](C)(C)O[Si]2(O[Si](C(C)C)(C(C)C)C(C)C)n3c4c5ccccc5c3/N=C3N=C(/N=c5/c6ccccc6/c(n52)=N/C2=NC(=N\4)/c4ccccc42)c2ccccc2\3)n2c3c4ccccc4c2/N=C2N=C(/N=c4/c5ccccc5/c(n41)=N/C1=NC(=N\3)/c3ccccc31)c1ccccc1\2)(C(C)C)C(C)C. The van der Waals surface area contributed by atoms with Gasteiger partial charge in [0.15, 0.2) is 63.3 Å². The molecular formula is C84H80N16O4Si5. The minimum absolute atomic E-state index is 0.0342. The lowest BCUT2D eigenvalue weighted by atomic mass is 10.1. The van der Waals surface area contributed by atoms with Gasteiger partial charge in [0.05, 0.1) is 0 Å². The predicted molar refractivity (Wildman–Crippen MR) is 446 cm³/mol. The minimum atomic E-state index is -5.21. The Morgan fingerprint density at radius 1 is 0.229 bits per heavy atom. The van der Waals surface area contributed by atoms with Gasteiger partial charge < -0.3 is 16.5 Å². The summed E-state index contributed by atoms with van der Waals surface area (Å²) in [5.74, 6) is 5.99. The Morgan fingerprint density at radius 3 is 0.615 bits per heavy atom.